The van der Waals surface area contributed by atoms with Gasteiger partial charge >= 0.3 is 0 Å². The summed E-state index contributed by atoms with van der Waals surface area (Å²) in [5, 5.41) is 0.637. The van der Waals surface area contributed by atoms with Crippen molar-refractivity contribution in [1.82, 2.24) is 9.55 Å². The number of benzene rings is 3. The first-order valence-electron chi connectivity index (χ1n) is 9.17. The summed E-state index contributed by atoms with van der Waals surface area (Å²) in [6, 6.07) is 13.4. The summed E-state index contributed by atoms with van der Waals surface area (Å²) in [5.74, 6) is 0. The molecule has 0 aliphatic carbocycles. The van der Waals surface area contributed by atoms with Crippen LogP contribution in [0.5, 0.6) is 0 Å². The zero-order valence-corrected chi connectivity index (χ0v) is 16.9. The van der Waals surface area contributed by atoms with E-state index in [1.165, 1.54) is 10.6 Å². The van der Waals surface area contributed by atoms with Crippen LogP contribution in [0.3, 0.4) is 0 Å². The smallest absolute Gasteiger partial charge is 0.297 e. The number of hydrogen-bond acceptors (Lipinski definition) is 4. The Kier molecular flexibility index (Phi) is 3.71. The molecular formula is C22H16N2O5S. The lowest BCUT2D eigenvalue weighted by Crippen LogP contribution is -2.17. The van der Waals surface area contributed by atoms with E-state index in [4.69, 9.17) is 0 Å². The predicted molar refractivity (Wildman–Crippen MR) is 117 cm³/mol. The fourth-order valence-corrected chi connectivity index (χ4v) is 5.20. The van der Waals surface area contributed by atoms with Crippen LogP contribution in [0.2, 0.25) is 0 Å². The van der Waals surface area contributed by atoms with Gasteiger partial charge in [0.25, 0.3) is 10.1 Å². The number of aryl methyl sites for hydroxylation is 2. The van der Waals surface area contributed by atoms with Gasteiger partial charge in [0.15, 0.2) is 10.9 Å². The summed E-state index contributed by atoms with van der Waals surface area (Å²) < 4.78 is 36.7. The van der Waals surface area contributed by atoms with Gasteiger partial charge in [-0.2, -0.15) is 8.42 Å². The van der Waals surface area contributed by atoms with Crippen molar-refractivity contribution in [2.24, 2.45) is 7.05 Å². The summed E-state index contributed by atoms with van der Waals surface area (Å²) in [4.78, 5) is 29.1. The summed E-state index contributed by atoms with van der Waals surface area (Å²) >= 11 is 0. The zero-order valence-electron chi connectivity index (χ0n) is 16.1. The first-order valence-corrected chi connectivity index (χ1v) is 10.6. The minimum atomic E-state index is -4.84. The number of aromatic amines is 1. The molecule has 0 bridgehead atoms. The van der Waals surface area contributed by atoms with E-state index in [1.807, 2.05) is 13.0 Å². The monoisotopic (exact) mass is 420 g/mol. The third kappa shape index (κ3) is 2.38. The number of aromatic nitrogens is 2. The molecule has 150 valence electrons. The number of hydrogen-bond donors (Lipinski definition) is 2. The normalized spacial score (nSPS) is 12.4. The van der Waals surface area contributed by atoms with Crippen LogP contribution < -0.4 is 10.9 Å². The number of pyridine rings is 2. The molecule has 0 spiro atoms. The second-order valence-electron chi connectivity index (χ2n) is 7.36. The number of fused-ring (bicyclic) bond motifs is 4. The van der Waals surface area contributed by atoms with E-state index >= 15 is 0 Å². The maximum absolute atomic E-state index is 13.3. The fourth-order valence-electron chi connectivity index (χ4n) is 4.25. The molecule has 0 fully saturated rings. The second-order valence-corrected chi connectivity index (χ2v) is 8.71. The minimum absolute atomic E-state index is 0.00815. The van der Waals surface area contributed by atoms with Gasteiger partial charge in [-0.25, -0.2) is 0 Å². The fraction of sp³-hybridized carbons (Fsp3) is 0.0909. The lowest BCUT2D eigenvalue weighted by atomic mass is 10.0. The maximum atomic E-state index is 13.3. The molecule has 0 saturated carbocycles. The number of nitrogens with zero attached hydrogens (tertiary/aromatic N) is 1. The van der Waals surface area contributed by atoms with E-state index in [2.05, 4.69) is 4.98 Å². The van der Waals surface area contributed by atoms with Gasteiger partial charge in [-0.1, -0.05) is 24.3 Å². The highest BCUT2D eigenvalue weighted by atomic mass is 32.2. The van der Waals surface area contributed by atoms with Crippen LogP contribution in [0, 0.1) is 6.92 Å². The highest BCUT2D eigenvalue weighted by Gasteiger charge is 2.26. The molecule has 0 unspecified atom stereocenters. The van der Waals surface area contributed by atoms with Gasteiger partial charge in [0.1, 0.15) is 4.90 Å². The van der Waals surface area contributed by atoms with Gasteiger partial charge in [-0.3, -0.25) is 14.1 Å². The number of H-pyrrole nitrogens is 1. The molecule has 0 aliphatic heterocycles. The highest BCUT2D eigenvalue weighted by Crippen LogP contribution is 2.31. The molecule has 2 heterocycles. The lowest BCUT2D eigenvalue weighted by molar-refractivity contribution is 0.484. The molecule has 30 heavy (non-hydrogen) atoms. The van der Waals surface area contributed by atoms with Gasteiger partial charge in [0, 0.05) is 23.2 Å². The molecule has 0 radical (unpaired) electrons. The van der Waals surface area contributed by atoms with E-state index in [1.54, 1.807) is 43.4 Å². The molecule has 0 saturated heterocycles. The number of nitrogens with one attached hydrogen (secondary N) is 1. The number of rotatable bonds is 1. The van der Waals surface area contributed by atoms with E-state index in [0.29, 0.717) is 21.8 Å². The summed E-state index contributed by atoms with van der Waals surface area (Å²) in [6.07, 6.45) is 0. The first-order chi connectivity index (χ1) is 14.2. The molecule has 0 atom stereocenters. The topological polar surface area (TPSA) is 109 Å². The third-order valence-corrected chi connectivity index (χ3v) is 6.52. The van der Waals surface area contributed by atoms with Crippen molar-refractivity contribution in [3.05, 3.63) is 74.5 Å². The van der Waals surface area contributed by atoms with Crippen LogP contribution in [0.4, 0.5) is 0 Å². The molecular weight excluding hydrogens is 404 g/mol. The van der Waals surface area contributed by atoms with Crippen LogP contribution >= 0.6 is 0 Å². The molecule has 5 rings (SSSR count). The van der Waals surface area contributed by atoms with Crippen LogP contribution in [0.15, 0.2) is 63.0 Å². The minimum Gasteiger partial charge on any atom is -0.354 e. The standard InChI is InChI=1S/C22H16N2O5S/c1-11-6-5-8-13-18(11)23-15-10-14-19(22(30(27,28)29)17(15)21(13)26)24(2)16-9-4-3-7-12(16)20(14)25/h3-10H,1-2H3,(H,23,26)(H,27,28,29). The van der Waals surface area contributed by atoms with E-state index in [9.17, 15) is 22.6 Å². The molecule has 5 aromatic rings. The van der Waals surface area contributed by atoms with E-state index < -0.39 is 20.4 Å². The van der Waals surface area contributed by atoms with E-state index in [-0.39, 0.29) is 27.2 Å². The maximum Gasteiger partial charge on any atom is 0.297 e. The Labute approximate surface area is 169 Å². The van der Waals surface area contributed by atoms with Crippen molar-refractivity contribution in [3.63, 3.8) is 0 Å². The summed E-state index contributed by atoms with van der Waals surface area (Å²) in [5.41, 5.74) is 1.10. The highest BCUT2D eigenvalue weighted by molar-refractivity contribution is 7.86. The Hall–Kier alpha value is -3.49. The molecule has 2 aromatic heterocycles. The largest absolute Gasteiger partial charge is 0.354 e. The second kappa shape index (κ2) is 6.01. The zero-order chi connectivity index (χ0) is 21.4. The molecule has 0 aliphatic rings. The van der Waals surface area contributed by atoms with Gasteiger partial charge in [0.2, 0.25) is 0 Å². The average Bonchev–Trinajstić information content (AvgIpc) is 2.71. The Morgan fingerprint density at radius 2 is 1.63 bits per heavy atom. The van der Waals surface area contributed by atoms with Gasteiger partial charge in [-0.15, -0.1) is 0 Å². The molecule has 2 N–H and O–H groups in total. The molecule has 0 amide bonds. The predicted octanol–water partition coefficient (Wildman–Crippen LogP) is 3.24. The van der Waals surface area contributed by atoms with Crippen molar-refractivity contribution < 1.29 is 13.0 Å². The van der Waals surface area contributed by atoms with Crippen molar-refractivity contribution >= 4 is 53.7 Å². The van der Waals surface area contributed by atoms with E-state index in [0.717, 1.165) is 5.56 Å². The van der Waals surface area contributed by atoms with Crippen molar-refractivity contribution in [1.29, 1.82) is 0 Å². The molecule has 7 nitrogen and oxygen atoms in total. The molecule has 8 heteroatoms. The average molecular weight is 420 g/mol. The Bertz CT molecular complexity index is 1780. The van der Waals surface area contributed by atoms with Crippen LogP contribution in [0.1, 0.15) is 5.56 Å². The van der Waals surface area contributed by atoms with Crippen LogP contribution in [-0.2, 0) is 17.2 Å². The van der Waals surface area contributed by atoms with Crippen molar-refractivity contribution in [3.8, 4) is 0 Å². The van der Waals surface area contributed by atoms with Crippen molar-refractivity contribution in [2.75, 3.05) is 0 Å². The quantitative estimate of drug-likeness (QED) is 0.320. The van der Waals surface area contributed by atoms with Crippen LogP contribution in [0.25, 0.3) is 43.6 Å². The Morgan fingerprint density at radius 3 is 2.37 bits per heavy atom. The Morgan fingerprint density at radius 1 is 0.933 bits per heavy atom. The molecule has 3 aromatic carbocycles. The lowest BCUT2D eigenvalue weighted by Gasteiger charge is -2.15. The van der Waals surface area contributed by atoms with Gasteiger partial charge < -0.3 is 9.55 Å². The van der Waals surface area contributed by atoms with Gasteiger partial charge in [-0.05, 0) is 36.8 Å². The first kappa shape index (κ1) is 18.5. The Balaban J connectivity index is 2.23. The summed E-state index contributed by atoms with van der Waals surface area (Å²) in [7, 11) is -3.24. The van der Waals surface area contributed by atoms with Gasteiger partial charge in [0.05, 0.1) is 27.5 Å². The number of para-hydroxylation sites is 2. The third-order valence-electron chi connectivity index (χ3n) is 5.61. The SMILES string of the molecule is Cc1cccc2c(=O)c3c(S(=O)(=O)O)c4c(cc3[nH]c12)c(=O)c1ccccc1n4C. The summed E-state index contributed by atoms with van der Waals surface area (Å²) in [6.45, 7) is 1.82. The van der Waals surface area contributed by atoms with Crippen molar-refractivity contribution in [2.45, 2.75) is 11.8 Å². The van der Waals surface area contributed by atoms with Crippen LogP contribution in [-0.4, -0.2) is 22.5 Å².